The van der Waals surface area contributed by atoms with Crippen molar-refractivity contribution in [1.29, 1.82) is 0 Å². The van der Waals surface area contributed by atoms with Crippen molar-refractivity contribution in [3.8, 4) is 0 Å². The molecule has 0 radical (unpaired) electrons. The zero-order chi connectivity index (χ0) is 16.1. The summed E-state index contributed by atoms with van der Waals surface area (Å²) in [5, 5.41) is 13.1. The highest BCUT2D eigenvalue weighted by Crippen LogP contribution is 2.25. The molecule has 2 N–H and O–H groups in total. The third-order valence-electron chi connectivity index (χ3n) is 3.67. The number of nitrogens with zero attached hydrogens (tertiary/aromatic N) is 3. The average Bonchev–Trinajstić information content (AvgIpc) is 2.44. The van der Waals surface area contributed by atoms with E-state index in [1.807, 2.05) is 6.08 Å². The van der Waals surface area contributed by atoms with Gasteiger partial charge in [-0.3, -0.25) is 0 Å². The zero-order valence-electron chi connectivity index (χ0n) is 14.1. The lowest BCUT2D eigenvalue weighted by Gasteiger charge is -2.17. The van der Waals surface area contributed by atoms with E-state index in [-0.39, 0.29) is 12.1 Å². The first kappa shape index (κ1) is 16.9. The van der Waals surface area contributed by atoms with Crippen molar-refractivity contribution < 1.29 is 5.11 Å². The topological polar surface area (TPSA) is 70.9 Å². The van der Waals surface area contributed by atoms with Gasteiger partial charge in [0.2, 0.25) is 5.95 Å². The van der Waals surface area contributed by atoms with E-state index in [1.54, 1.807) is 0 Å². The van der Waals surface area contributed by atoms with Crippen LogP contribution in [0.1, 0.15) is 65.0 Å². The Morgan fingerprint density at radius 3 is 2.64 bits per heavy atom. The molecule has 0 aromatic carbocycles. The van der Waals surface area contributed by atoms with Gasteiger partial charge in [-0.05, 0) is 57.1 Å². The molecule has 1 aliphatic rings. The summed E-state index contributed by atoms with van der Waals surface area (Å²) in [5.41, 5.74) is 1.04. The Kier molecular flexibility index (Phi) is 5.89. The fourth-order valence-corrected chi connectivity index (χ4v) is 2.50. The molecule has 2 rings (SSSR count). The molecule has 0 spiro atoms. The van der Waals surface area contributed by atoms with Gasteiger partial charge in [0.15, 0.2) is 5.82 Å². The van der Waals surface area contributed by atoms with Gasteiger partial charge in [-0.25, -0.2) is 4.98 Å². The van der Waals surface area contributed by atoms with E-state index < -0.39 is 0 Å². The van der Waals surface area contributed by atoms with Crippen molar-refractivity contribution in [3.63, 3.8) is 0 Å². The minimum Gasteiger partial charge on any atom is -0.389 e. The SMILES string of the molecule is CC(C)CCc1nc(NC(C)C)nc(C2=C[C@H](O)CCC2)n1. The first-order chi connectivity index (χ1) is 10.4. The summed E-state index contributed by atoms with van der Waals surface area (Å²) in [4.78, 5) is 13.7. The summed E-state index contributed by atoms with van der Waals surface area (Å²) in [6, 6.07) is 0.277. The van der Waals surface area contributed by atoms with Crippen LogP contribution in [0, 0.1) is 5.92 Å². The van der Waals surface area contributed by atoms with Gasteiger partial charge in [-0.15, -0.1) is 0 Å². The fourth-order valence-electron chi connectivity index (χ4n) is 2.50. The van der Waals surface area contributed by atoms with E-state index in [0.29, 0.717) is 11.9 Å². The third-order valence-corrected chi connectivity index (χ3v) is 3.67. The first-order valence-electron chi connectivity index (χ1n) is 8.34. The van der Waals surface area contributed by atoms with Gasteiger partial charge < -0.3 is 10.4 Å². The number of aliphatic hydroxyl groups is 1. The van der Waals surface area contributed by atoms with Gasteiger partial charge in [-0.1, -0.05) is 13.8 Å². The number of aromatic nitrogens is 3. The van der Waals surface area contributed by atoms with E-state index in [2.05, 4.69) is 48.0 Å². The Bertz CT molecular complexity index is 525. The minimum atomic E-state index is -0.374. The molecule has 1 aromatic rings. The fraction of sp³-hybridized carbons (Fsp3) is 0.706. The van der Waals surface area contributed by atoms with Crippen LogP contribution in [0.5, 0.6) is 0 Å². The summed E-state index contributed by atoms with van der Waals surface area (Å²) in [7, 11) is 0. The second-order valence-electron chi connectivity index (χ2n) is 6.78. The molecule has 0 bridgehead atoms. The van der Waals surface area contributed by atoms with Crippen LogP contribution in [0.3, 0.4) is 0 Å². The molecule has 0 saturated carbocycles. The maximum Gasteiger partial charge on any atom is 0.226 e. The molecule has 0 amide bonds. The molecule has 22 heavy (non-hydrogen) atoms. The summed E-state index contributed by atoms with van der Waals surface area (Å²) in [5.74, 6) is 2.82. The first-order valence-corrected chi connectivity index (χ1v) is 8.34. The van der Waals surface area contributed by atoms with Crippen molar-refractivity contribution in [2.75, 3.05) is 5.32 Å². The second-order valence-corrected chi connectivity index (χ2v) is 6.78. The van der Waals surface area contributed by atoms with Gasteiger partial charge in [0.1, 0.15) is 5.82 Å². The van der Waals surface area contributed by atoms with Gasteiger partial charge in [0, 0.05) is 12.5 Å². The number of rotatable bonds is 6. The highest BCUT2D eigenvalue weighted by molar-refractivity contribution is 5.61. The lowest BCUT2D eigenvalue weighted by Crippen LogP contribution is -2.17. The van der Waals surface area contributed by atoms with Crippen molar-refractivity contribution in [1.82, 2.24) is 15.0 Å². The molecule has 0 unspecified atom stereocenters. The molecular formula is C17H28N4O. The van der Waals surface area contributed by atoms with Crippen LogP contribution in [0.25, 0.3) is 5.57 Å². The van der Waals surface area contributed by atoms with E-state index >= 15 is 0 Å². The van der Waals surface area contributed by atoms with Gasteiger partial charge >= 0.3 is 0 Å². The van der Waals surface area contributed by atoms with Crippen molar-refractivity contribution in [2.45, 2.75) is 71.9 Å². The van der Waals surface area contributed by atoms with E-state index in [0.717, 1.165) is 49.3 Å². The van der Waals surface area contributed by atoms with Gasteiger partial charge in [-0.2, -0.15) is 9.97 Å². The lowest BCUT2D eigenvalue weighted by molar-refractivity contribution is 0.206. The Balaban J connectivity index is 2.28. The predicted molar refractivity (Wildman–Crippen MR) is 89.6 cm³/mol. The summed E-state index contributed by atoms with van der Waals surface area (Å²) >= 11 is 0. The minimum absolute atomic E-state index is 0.277. The van der Waals surface area contributed by atoms with Crippen molar-refractivity contribution in [3.05, 3.63) is 17.7 Å². The molecule has 5 nitrogen and oxygen atoms in total. The number of aliphatic hydroxyl groups excluding tert-OH is 1. The summed E-state index contributed by atoms with van der Waals surface area (Å²) < 4.78 is 0. The lowest BCUT2D eigenvalue weighted by atomic mass is 9.97. The normalized spacial score (nSPS) is 18.7. The Morgan fingerprint density at radius 1 is 1.23 bits per heavy atom. The summed E-state index contributed by atoms with van der Waals surface area (Å²) in [6.07, 6.45) is 6.16. The standard InChI is InChI=1S/C17H28N4O/c1-11(2)8-9-15-19-16(13-6-5-7-14(22)10-13)21-17(20-15)18-12(3)4/h10-12,14,22H,5-9H2,1-4H3,(H,18,19,20,21)/t14-/m1/s1. The molecule has 0 aliphatic heterocycles. The molecule has 5 heteroatoms. The van der Waals surface area contributed by atoms with Crippen LogP contribution in [-0.4, -0.2) is 32.2 Å². The van der Waals surface area contributed by atoms with Crippen LogP contribution >= 0.6 is 0 Å². The van der Waals surface area contributed by atoms with E-state index in [4.69, 9.17) is 0 Å². The quantitative estimate of drug-likeness (QED) is 0.844. The predicted octanol–water partition coefficient (Wildman–Crippen LogP) is 3.21. The number of nitrogens with one attached hydrogen (secondary N) is 1. The molecular weight excluding hydrogens is 276 g/mol. The Hall–Kier alpha value is -1.49. The Morgan fingerprint density at radius 2 is 2.00 bits per heavy atom. The van der Waals surface area contributed by atoms with Crippen LogP contribution in [-0.2, 0) is 6.42 Å². The van der Waals surface area contributed by atoms with E-state index in [1.165, 1.54) is 0 Å². The van der Waals surface area contributed by atoms with Crippen LogP contribution in [0.2, 0.25) is 0 Å². The highest BCUT2D eigenvalue weighted by atomic mass is 16.3. The Labute approximate surface area is 133 Å². The molecule has 1 aromatic heterocycles. The number of allylic oxidation sites excluding steroid dienone is 1. The average molecular weight is 304 g/mol. The number of hydrogen-bond acceptors (Lipinski definition) is 5. The van der Waals surface area contributed by atoms with E-state index in [9.17, 15) is 5.11 Å². The molecule has 1 aliphatic carbocycles. The number of hydrogen-bond donors (Lipinski definition) is 2. The maximum atomic E-state index is 9.84. The number of aryl methyl sites for hydroxylation is 1. The third kappa shape index (κ3) is 5.05. The monoisotopic (exact) mass is 304 g/mol. The molecule has 0 fully saturated rings. The number of anilines is 1. The van der Waals surface area contributed by atoms with Crippen molar-refractivity contribution in [2.24, 2.45) is 5.92 Å². The highest BCUT2D eigenvalue weighted by Gasteiger charge is 2.17. The van der Waals surface area contributed by atoms with Crippen LogP contribution in [0.15, 0.2) is 6.08 Å². The zero-order valence-corrected chi connectivity index (χ0v) is 14.1. The second kappa shape index (κ2) is 7.68. The molecule has 0 saturated heterocycles. The van der Waals surface area contributed by atoms with Crippen LogP contribution in [0.4, 0.5) is 5.95 Å². The maximum absolute atomic E-state index is 9.84. The van der Waals surface area contributed by atoms with Gasteiger partial charge in [0.25, 0.3) is 0 Å². The van der Waals surface area contributed by atoms with Crippen molar-refractivity contribution >= 4 is 11.5 Å². The van der Waals surface area contributed by atoms with Crippen LogP contribution < -0.4 is 5.32 Å². The molecule has 122 valence electrons. The van der Waals surface area contributed by atoms with Gasteiger partial charge in [0.05, 0.1) is 6.10 Å². The smallest absolute Gasteiger partial charge is 0.226 e. The largest absolute Gasteiger partial charge is 0.389 e. The molecule has 1 heterocycles. The molecule has 1 atom stereocenters. The summed E-state index contributed by atoms with van der Waals surface area (Å²) in [6.45, 7) is 8.55.